The topological polar surface area (TPSA) is 94.9 Å². The zero-order valence-corrected chi connectivity index (χ0v) is 15.5. The number of aryl methyl sites for hydroxylation is 1. The normalized spacial score (nSPS) is 11.0. The van der Waals surface area contributed by atoms with Crippen molar-refractivity contribution in [2.24, 2.45) is 0 Å². The van der Waals surface area contributed by atoms with Gasteiger partial charge in [0.2, 0.25) is 5.91 Å². The molecule has 2 aromatic heterocycles. The molecule has 142 valence electrons. The molecule has 1 amide bonds. The van der Waals surface area contributed by atoms with Crippen LogP contribution in [0, 0.1) is 0 Å². The molecule has 2 heterocycles. The molecule has 0 radical (unpaired) electrons. The first kappa shape index (κ1) is 18.0. The largest absolute Gasteiger partial charge is 0.419 e. The number of amides is 1. The van der Waals surface area contributed by atoms with Crippen LogP contribution < -0.4 is 11.1 Å². The number of anilines is 1. The van der Waals surface area contributed by atoms with E-state index in [1.165, 1.54) is 17.2 Å². The van der Waals surface area contributed by atoms with Gasteiger partial charge in [-0.2, -0.15) is 5.10 Å². The van der Waals surface area contributed by atoms with Gasteiger partial charge in [0.05, 0.1) is 16.9 Å². The number of benzene rings is 2. The van der Waals surface area contributed by atoms with Crippen molar-refractivity contribution in [2.75, 3.05) is 5.32 Å². The third kappa shape index (κ3) is 3.67. The lowest BCUT2D eigenvalue weighted by Gasteiger charge is -2.11. The van der Waals surface area contributed by atoms with Gasteiger partial charge in [0.1, 0.15) is 12.7 Å². The smallest absolute Gasteiger partial charge is 0.408 e. The summed E-state index contributed by atoms with van der Waals surface area (Å²) in [5.74, 6) is -0.616. The number of hydrogen-bond donors (Lipinski definition) is 1. The average molecular weight is 398 g/mol. The van der Waals surface area contributed by atoms with Gasteiger partial charge in [-0.25, -0.2) is 14.5 Å². The van der Waals surface area contributed by atoms with Crippen LogP contribution in [0.2, 0.25) is 5.02 Å². The molecule has 4 aromatic rings. The van der Waals surface area contributed by atoms with Gasteiger partial charge in [0.25, 0.3) is 0 Å². The van der Waals surface area contributed by atoms with E-state index in [9.17, 15) is 9.59 Å². The number of nitrogens with one attached hydrogen (secondary N) is 1. The van der Waals surface area contributed by atoms with E-state index in [-0.39, 0.29) is 12.3 Å². The van der Waals surface area contributed by atoms with E-state index in [1.54, 1.807) is 35.0 Å². The van der Waals surface area contributed by atoms with Crippen LogP contribution in [0.5, 0.6) is 0 Å². The fourth-order valence-corrected chi connectivity index (χ4v) is 3.15. The van der Waals surface area contributed by atoms with Gasteiger partial charge in [-0.05, 0) is 36.8 Å². The van der Waals surface area contributed by atoms with Crippen LogP contribution in [0.4, 0.5) is 5.69 Å². The number of hydrogen-bond acceptors (Lipinski definition) is 5. The van der Waals surface area contributed by atoms with Crippen LogP contribution in [0.15, 0.2) is 64.3 Å². The van der Waals surface area contributed by atoms with Crippen molar-refractivity contribution >= 4 is 34.3 Å². The Morgan fingerprint density at radius 3 is 2.89 bits per heavy atom. The highest BCUT2D eigenvalue weighted by atomic mass is 35.5. The number of oxazole rings is 1. The highest BCUT2D eigenvalue weighted by Gasteiger charge is 2.12. The molecule has 28 heavy (non-hydrogen) atoms. The molecule has 8 nitrogen and oxygen atoms in total. The Morgan fingerprint density at radius 1 is 1.21 bits per heavy atom. The number of rotatable bonds is 6. The summed E-state index contributed by atoms with van der Waals surface area (Å²) in [6.45, 7) is 0.384. The molecule has 0 aliphatic carbocycles. The van der Waals surface area contributed by atoms with Crippen molar-refractivity contribution < 1.29 is 9.21 Å². The summed E-state index contributed by atoms with van der Waals surface area (Å²) in [6, 6.07) is 12.3. The second-order valence-corrected chi connectivity index (χ2v) is 6.58. The van der Waals surface area contributed by atoms with E-state index in [1.807, 2.05) is 12.1 Å². The first-order valence-electron chi connectivity index (χ1n) is 8.64. The molecule has 9 heteroatoms. The number of para-hydroxylation sites is 2. The zero-order chi connectivity index (χ0) is 19.5. The quantitative estimate of drug-likeness (QED) is 0.539. The summed E-state index contributed by atoms with van der Waals surface area (Å²) in [4.78, 5) is 28.3. The summed E-state index contributed by atoms with van der Waals surface area (Å²) in [5, 5.41) is 7.43. The van der Waals surface area contributed by atoms with E-state index in [4.69, 9.17) is 16.0 Å². The second kappa shape index (κ2) is 7.69. The Morgan fingerprint density at radius 2 is 2.07 bits per heavy atom. The fraction of sp³-hybridized carbons (Fsp3) is 0.158. The second-order valence-electron chi connectivity index (χ2n) is 6.14. The Hall–Kier alpha value is -3.39. The van der Waals surface area contributed by atoms with Crippen LogP contribution in [-0.2, 0) is 11.3 Å². The Labute approximate surface area is 164 Å². The SMILES string of the molecule is O=C(CCCn1c(=O)oc2ccccc21)Nc1cc(Cl)ccc1-n1cncn1. The lowest BCUT2D eigenvalue weighted by atomic mass is 10.2. The van der Waals surface area contributed by atoms with Gasteiger partial charge in [-0.15, -0.1) is 0 Å². The van der Waals surface area contributed by atoms with E-state index >= 15 is 0 Å². The van der Waals surface area contributed by atoms with Crippen molar-refractivity contribution in [3.63, 3.8) is 0 Å². The summed E-state index contributed by atoms with van der Waals surface area (Å²) < 4.78 is 8.27. The van der Waals surface area contributed by atoms with Gasteiger partial charge in [-0.3, -0.25) is 9.36 Å². The molecule has 0 saturated heterocycles. The van der Waals surface area contributed by atoms with E-state index < -0.39 is 5.76 Å². The number of carbonyl (C=O) groups is 1. The predicted molar refractivity (Wildman–Crippen MR) is 105 cm³/mol. The van der Waals surface area contributed by atoms with E-state index in [0.29, 0.717) is 34.9 Å². The van der Waals surface area contributed by atoms with Crippen LogP contribution in [0.1, 0.15) is 12.8 Å². The van der Waals surface area contributed by atoms with Crippen molar-refractivity contribution in [2.45, 2.75) is 19.4 Å². The maximum Gasteiger partial charge on any atom is 0.419 e. The van der Waals surface area contributed by atoms with Gasteiger partial charge < -0.3 is 9.73 Å². The molecule has 0 atom stereocenters. The Bertz CT molecular complexity index is 1180. The van der Waals surface area contributed by atoms with E-state index in [2.05, 4.69) is 15.4 Å². The van der Waals surface area contributed by atoms with Crippen molar-refractivity contribution in [1.82, 2.24) is 19.3 Å². The summed E-state index contributed by atoms with van der Waals surface area (Å²) in [5.41, 5.74) is 2.45. The van der Waals surface area contributed by atoms with Crippen LogP contribution in [0.25, 0.3) is 16.8 Å². The minimum Gasteiger partial charge on any atom is -0.408 e. The maximum absolute atomic E-state index is 12.4. The number of carbonyl (C=O) groups excluding carboxylic acids is 1. The molecule has 0 aliphatic heterocycles. The molecule has 0 saturated carbocycles. The van der Waals surface area contributed by atoms with E-state index in [0.717, 1.165) is 5.52 Å². The molecule has 0 bridgehead atoms. The maximum atomic E-state index is 12.4. The summed E-state index contributed by atoms with van der Waals surface area (Å²) >= 11 is 6.06. The summed E-state index contributed by atoms with van der Waals surface area (Å²) in [7, 11) is 0. The Kier molecular flexibility index (Phi) is 4.94. The fourth-order valence-electron chi connectivity index (χ4n) is 2.98. The lowest BCUT2D eigenvalue weighted by molar-refractivity contribution is -0.116. The minimum atomic E-state index is -0.426. The molecule has 2 aromatic carbocycles. The first-order chi connectivity index (χ1) is 13.6. The third-order valence-electron chi connectivity index (χ3n) is 4.26. The third-order valence-corrected chi connectivity index (χ3v) is 4.49. The molecule has 0 aliphatic rings. The summed E-state index contributed by atoms with van der Waals surface area (Å²) in [6.07, 6.45) is 3.66. The van der Waals surface area contributed by atoms with Gasteiger partial charge >= 0.3 is 5.76 Å². The molecule has 0 spiro atoms. The standard InChI is InChI=1S/C19H16ClN5O3/c20-13-7-8-15(25-12-21-11-22-25)14(10-13)23-18(26)6-3-9-24-16-4-1-2-5-17(16)28-19(24)27/h1-2,4-5,7-8,10-12H,3,6,9H2,(H,23,26). The molecule has 0 fully saturated rings. The number of halogens is 1. The number of aromatic nitrogens is 4. The van der Waals surface area contributed by atoms with Crippen molar-refractivity contribution in [3.8, 4) is 5.69 Å². The van der Waals surface area contributed by atoms with Gasteiger partial charge in [-0.1, -0.05) is 23.7 Å². The molecule has 0 unspecified atom stereocenters. The average Bonchev–Trinajstić information content (AvgIpc) is 3.30. The van der Waals surface area contributed by atoms with Gasteiger partial charge in [0.15, 0.2) is 5.58 Å². The number of fused-ring (bicyclic) bond motifs is 1. The first-order valence-corrected chi connectivity index (χ1v) is 9.02. The van der Waals surface area contributed by atoms with Crippen LogP contribution in [0.3, 0.4) is 0 Å². The lowest BCUT2D eigenvalue weighted by Crippen LogP contribution is -2.17. The molecular formula is C19H16ClN5O3. The highest BCUT2D eigenvalue weighted by Crippen LogP contribution is 2.24. The zero-order valence-electron chi connectivity index (χ0n) is 14.7. The van der Waals surface area contributed by atoms with Gasteiger partial charge in [0, 0.05) is 18.0 Å². The predicted octanol–water partition coefficient (Wildman–Crippen LogP) is 3.25. The minimum absolute atomic E-state index is 0.190. The monoisotopic (exact) mass is 397 g/mol. The number of nitrogens with zero attached hydrogens (tertiary/aromatic N) is 4. The Balaban J connectivity index is 1.43. The molecule has 1 N–H and O–H groups in total. The molecule has 4 rings (SSSR count). The van der Waals surface area contributed by atoms with Crippen LogP contribution in [-0.4, -0.2) is 25.2 Å². The highest BCUT2D eigenvalue weighted by molar-refractivity contribution is 6.31. The van der Waals surface area contributed by atoms with Crippen molar-refractivity contribution in [1.29, 1.82) is 0 Å². The van der Waals surface area contributed by atoms with Crippen LogP contribution >= 0.6 is 11.6 Å². The molecular weight excluding hydrogens is 382 g/mol. The van der Waals surface area contributed by atoms with Crippen molar-refractivity contribution in [3.05, 3.63) is 70.7 Å².